The number of methoxy groups -OCH3 is 2. The molecule has 0 aliphatic carbocycles. The number of nitrogens with one attached hydrogen (secondary N) is 1. The van der Waals surface area contributed by atoms with Crippen molar-refractivity contribution in [1.29, 1.82) is 0 Å². The number of hydrogen-bond acceptors (Lipinski definition) is 4. The summed E-state index contributed by atoms with van der Waals surface area (Å²) in [5, 5.41) is 2.49. The third-order valence-electron chi connectivity index (χ3n) is 4.43. The van der Waals surface area contributed by atoms with E-state index in [2.05, 4.69) is 5.32 Å². The first-order valence-corrected chi connectivity index (χ1v) is 8.52. The molecule has 1 amide bonds. The molecule has 0 aliphatic heterocycles. The maximum atomic E-state index is 13.7. The molecule has 1 N–H and O–H groups in total. The smallest absolute Gasteiger partial charge is 0.241 e. The minimum absolute atomic E-state index is 0.0402. The number of benzene rings is 2. The zero-order chi connectivity index (χ0) is 20.0. The second-order valence-electron chi connectivity index (χ2n) is 6.21. The molecule has 0 aliphatic rings. The Kier molecular flexibility index (Phi) is 7.12. The van der Waals surface area contributed by atoms with Gasteiger partial charge < -0.3 is 14.8 Å². The van der Waals surface area contributed by atoms with Gasteiger partial charge in [0, 0.05) is 12.6 Å². The quantitative estimate of drug-likeness (QED) is 0.764. The molecular weight excluding hydrogens is 354 g/mol. The van der Waals surface area contributed by atoms with Gasteiger partial charge in [-0.15, -0.1) is 0 Å². The highest BCUT2D eigenvalue weighted by Crippen LogP contribution is 2.27. The third-order valence-corrected chi connectivity index (χ3v) is 4.43. The Labute approximate surface area is 157 Å². The number of anilines is 1. The molecule has 5 nitrogen and oxygen atoms in total. The molecule has 0 radical (unpaired) electrons. The lowest BCUT2D eigenvalue weighted by molar-refractivity contribution is -0.120. The Morgan fingerprint density at radius 1 is 1.11 bits per heavy atom. The minimum atomic E-state index is -0.802. The van der Waals surface area contributed by atoms with Crippen molar-refractivity contribution in [3.63, 3.8) is 0 Å². The lowest BCUT2D eigenvalue weighted by atomic mass is 10.1. The lowest BCUT2D eigenvalue weighted by Crippen LogP contribution is -2.40. The van der Waals surface area contributed by atoms with Crippen LogP contribution in [0.4, 0.5) is 14.5 Å². The van der Waals surface area contributed by atoms with E-state index in [1.165, 1.54) is 6.07 Å². The Balaban J connectivity index is 1.94. The van der Waals surface area contributed by atoms with Gasteiger partial charge in [-0.3, -0.25) is 9.69 Å². The fourth-order valence-corrected chi connectivity index (χ4v) is 2.56. The number of hydrogen-bond donors (Lipinski definition) is 1. The minimum Gasteiger partial charge on any atom is -0.493 e. The van der Waals surface area contributed by atoms with Crippen LogP contribution in [0.3, 0.4) is 0 Å². The third kappa shape index (κ3) is 5.40. The van der Waals surface area contributed by atoms with Gasteiger partial charge >= 0.3 is 0 Å². The van der Waals surface area contributed by atoms with E-state index in [4.69, 9.17) is 9.47 Å². The van der Waals surface area contributed by atoms with Gasteiger partial charge in [-0.2, -0.15) is 0 Å². The van der Waals surface area contributed by atoms with Crippen molar-refractivity contribution < 1.29 is 23.0 Å². The van der Waals surface area contributed by atoms with Crippen molar-refractivity contribution in [1.82, 2.24) is 4.90 Å². The van der Waals surface area contributed by atoms with Gasteiger partial charge in [0.05, 0.1) is 25.9 Å². The van der Waals surface area contributed by atoms with E-state index in [1.54, 1.807) is 21.1 Å². The van der Waals surface area contributed by atoms with Gasteiger partial charge in [-0.1, -0.05) is 6.07 Å². The molecule has 27 heavy (non-hydrogen) atoms. The largest absolute Gasteiger partial charge is 0.493 e. The summed E-state index contributed by atoms with van der Waals surface area (Å²) in [6.07, 6.45) is 0.694. The topological polar surface area (TPSA) is 50.8 Å². The van der Waals surface area contributed by atoms with Gasteiger partial charge in [-0.05, 0) is 50.2 Å². The van der Waals surface area contributed by atoms with Gasteiger partial charge in [0.15, 0.2) is 11.5 Å². The second kappa shape index (κ2) is 9.32. The van der Waals surface area contributed by atoms with Gasteiger partial charge in [0.2, 0.25) is 5.91 Å². The highest BCUT2D eigenvalue weighted by Gasteiger charge is 2.19. The first kappa shape index (κ1) is 20.6. The zero-order valence-electron chi connectivity index (χ0n) is 15.9. The maximum Gasteiger partial charge on any atom is 0.241 e. The number of ether oxygens (including phenoxy) is 2. The lowest BCUT2D eigenvalue weighted by Gasteiger charge is -2.24. The molecular formula is C20H24F2N2O3. The zero-order valence-corrected chi connectivity index (χ0v) is 15.9. The van der Waals surface area contributed by atoms with Gasteiger partial charge in [0.25, 0.3) is 0 Å². The van der Waals surface area contributed by atoms with Crippen molar-refractivity contribution in [2.45, 2.75) is 19.4 Å². The number of halogens is 2. The summed E-state index contributed by atoms with van der Waals surface area (Å²) in [6.45, 7) is 2.33. The molecule has 0 saturated carbocycles. The van der Waals surface area contributed by atoms with Crippen LogP contribution in [-0.4, -0.2) is 44.7 Å². The summed E-state index contributed by atoms with van der Waals surface area (Å²) < 4.78 is 37.2. The number of likely N-dealkylation sites (N-methyl/N-ethyl adjacent to an activating group) is 1. The molecule has 0 heterocycles. The van der Waals surface area contributed by atoms with Crippen LogP contribution in [0.5, 0.6) is 11.5 Å². The van der Waals surface area contributed by atoms with Crippen LogP contribution in [-0.2, 0) is 11.2 Å². The van der Waals surface area contributed by atoms with Crippen molar-refractivity contribution in [2.75, 3.05) is 33.1 Å². The van der Waals surface area contributed by atoms with Crippen molar-refractivity contribution in [3.05, 3.63) is 53.6 Å². The summed E-state index contributed by atoms with van der Waals surface area (Å²) in [4.78, 5) is 14.2. The Morgan fingerprint density at radius 3 is 2.44 bits per heavy atom. The highest BCUT2D eigenvalue weighted by molar-refractivity contribution is 5.94. The number of amides is 1. The summed E-state index contributed by atoms with van der Waals surface area (Å²) >= 11 is 0. The van der Waals surface area contributed by atoms with E-state index in [-0.39, 0.29) is 11.6 Å². The monoisotopic (exact) mass is 378 g/mol. The number of carbonyl (C=O) groups excluding carboxylic acids is 1. The second-order valence-corrected chi connectivity index (χ2v) is 6.21. The normalized spacial score (nSPS) is 12.0. The van der Waals surface area contributed by atoms with E-state index < -0.39 is 17.7 Å². The summed E-state index contributed by atoms with van der Waals surface area (Å²) in [5.74, 6) is -0.552. The fraction of sp³-hybridized carbons (Fsp3) is 0.350. The molecule has 1 atom stereocenters. The summed E-state index contributed by atoms with van der Waals surface area (Å²) in [7, 11) is 4.97. The molecule has 0 aromatic heterocycles. The molecule has 7 heteroatoms. The first-order chi connectivity index (χ1) is 12.8. The number of rotatable bonds is 8. The molecule has 2 aromatic rings. The molecule has 146 valence electrons. The van der Waals surface area contributed by atoms with E-state index in [1.807, 2.05) is 30.1 Å². The average Bonchev–Trinajstić information content (AvgIpc) is 2.67. The van der Waals surface area contributed by atoms with E-state index in [0.29, 0.717) is 24.5 Å². The van der Waals surface area contributed by atoms with Crippen LogP contribution in [0.15, 0.2) is 36.4 Å². The molecule has 0 fully saturated rings. The first-order valence-electron chi connectivity index (χ1n) is 8.52. The molecule has 2 aromatic carbocycles. The van der Waals surface area contributed by atoms with Crippen molar-refractivity contribution in [3.8, 4) is 11.5 Å². The Bertz CT molecular complexity index is 799. The SMILES string of the molecule is COc1ccc(CCN(C)[C@@H](C)C(=O)Nc2ccc(F)cc2F)cc1OC. The van der Waals surface area contributed by atoms with Crippen LogP contribution >= 0.6 is 0 Å². The van der Waals surface area contributed by atoms with Gasteiger partial charge in [-0.25, -0.2) is 8.78 Å². The predicted octanol–water partition coefficient (Wildman–Crippen LogP) is 3.48. The Morgan fingerprint density at radius 2 is 1.81 bits per heavy atom. The number of carbonyl (C=O) groups is 1. The average molecular weight is 378 g/mol. The molecule has 2 rings (SSSR count). The van der Waals surface area contributed by atoms with E-state index >= 15 is 0 Å². The fourth-order valence-electron chi connectivity index (χ4n) is 2.56. The van der Waals surface area contributed by atoms with Crippen molar-refractivity contribution in [2.24, 2.45) is 0 Å². The van der Waals surface area contributed by atoms with Crippen LogP contribution < -0.4 is 14.8 Å². The molecule has 0 bridgehead atoms. The Hall–Kier alpha value is -2.67. The molecule has 0 saturated heterocycles. The maximum absolute atomic E-state index is 13.7. The van der Waals surface area contributed by atoms with Gasteiger partial charge in [0.1, 0.15) is 11.6 Å². The van der Waals surface area contributed by atoms with Crippen LogP contribution in [0, 0.1) is 11.6 Å². The van der Waals surface area contributed by atoms with E-state index in [9.17, 15) is 13.6 Å². The van der Waals surface area contributed by atoms with E-state index in [0.717, 1.165) is 17.7 Å². The summed E-state index contributed by atoms with van der Waals surface area (Å²) in [6, 6.07) is 8.22. The molecule has 0 unspecified atom stereocenters. The number of nitrogens with zero attached hydrogens (tertiary/aromatic N) is 1. The van der Waals surface area contributed by atoms with Crippen LogP contribution in [0.2, 0.25) is 0 Å². The van der Waals surface area contributed by atoms with Crippen LogP contribution in [0.1, 0.15) is 12.5 Å². The molecule has 0 spiro atoms. The van der Waals surface area contributed by atoms with Crippen molar-refractivity contribution >= 4 is 11.6 Å². The predicted molar refractivity (Wildman–Crippen MR) is 100 cm³/mol. The standard InChI is InChI=1S/C20H24F2N2O3/c1-13(20(25)23-17-7-6-15(21)12-16(17)22)24(2)10-9-14-5-8-18(26-3)19(11-14)27-4/h5-8,11-13H,9-10H2,1-4H3,(H,23,25)/t13-/m0/s1. The van der Waals surface area contributed by atoms with Crippen LogP contribution in [0.25, 0.3) is 0 Å². The highest BCUT2D eigenvalue weighted by atomic mass is 19.1. The summed E-state index contributed by atoms with van der Waals surface area (Å²) in [5.41, 5.74) is 0.998.